The van der Waals surface area contributed by atoms with Gasteiger partial charge in [0.15, 0.2) is 6.29 Å². The Morgan fingerprint density at radius 1 is 0.895 bits per heavy atom. The summed E-state index contributed by atoms with van der Waals surface area (Å²) in [6.45, 7) is 0.807. The maximum Gasteiger partial charge on any atom is 0.158 e. The molecule has 19 heavy (non-hydrogen) atoms. The fraction of sp³-hybridized carbons (Fsp3) is 0.294. The second kappa shape index (κ2) is 6.00. The van der Waals surface area contributed by atoms with Crippen molar-refractivity contribution in [1.29, 1.82) is 0 Å². The van der Waals surface area contributed by atoms with Crippen molar-refractivity contribution in [2.24, 2.45) is 0 Å². The molecule has 2 nitrogen and oxygen atoms in total. The van der Waals surface area contributed by atoms with Crippen molar-refractivity contribution in [3.8, 4) is 0 Å². The van der Waals surface area contributed by atoms with E-state index in [0.29, 0.717) is 0 Å². The van der Waals surface area contributed by atoms with Crippen molar-refractivity contribution in [2.75, 3.05) is 6.61 Å². The van der Waals surface area contributed by atoms with Crippen LogP contribution in [0, 0.1) is 0 Å². The smallest absolute Gasteiger partial charge is 0.158 e. The molecule has 0 radical (unpaired) electrons. The molecule has 0 spiro atoms. The van der Waals surface area contributed by atoms with E-state index in [1.807, 2.05) is 36.4 Å². The number of benzene rings is 2. The predicted octanol–water partition coefficient (Wildman–Crippen LogP) is 3.93. The van der Waals surface area contributed by atoms with Crippen molar-refractivity contribution in [2.45, 2.75) is 25.2 Å². The lowest BCUT2D eigenvalue weighted by Gasteiger charge is -2.22. The highest BCUT2D eigenvalue weighted by Crippen LogP contribution is 2.29. The van der Waals surface area contributed by atoms with Crippen molar-refractivity contribution in [3.63, 3.8) is 0 Å². The van der Waals surface area contributed by atoms with E-state index in [2.05, 4.69) is 24.3 Å². The third-order valence-electron chi connectivity index (χ3n) is 3.38. The van der Waals surface area contributed by atoms with Gasteiger partial charge in [0.25, 0.3) is 0 Å². The average molecular weight is 254 g/mol. The summed E-state index contributed by atoms with van der Waals surface area (Å²) in [7, 11) is 0. The topological polar surface area (TPSA) is 18.5 Å². The highest BCUT2D eigenvalue weighted by molar-refractivity contribution is 5.29. The second-order valence-corrected chi connectivity index (χ2v) is 4.78. The van der Waals surface area contributed by atoms with Gasteiger partial charge in [0.2, 0.25) is 0 Å². The molecule has 3 rings (SSSR count). The number of hydrogen-bond acceptors (Lipinski definition) is 2. The molecule has 98 valence electrons. The van der Waals surface area contributed by atoms with Crippen molar-refractivity contribution in [1.82, 2.24) is 0 Å². The first-order valence-corrected chi connectivity index (χ1v) is 6.80. The fourth-order valence-corrected chi connectivity index (χ4v) is 2.41. The monoisotopic (exact) mass is 254 g/mol. The lowest BCUT2D eigenvalue weighted by molar-refractivity contribution is -0.134. The van der Waals surface area contributed by atoms with Crippen LogP contribution in [0.4, 0.5) is 0 Å². The van der Waals surface area contributed by atoms with Crippen molar-refractivity contribution in [3.05, 3.63) is 71.8 Å². The number of hydrogen-bond donors (Lipinski definition) is 0. The molecule has 0 N–H and O–H groups in total. The lowest BCUT2D eigenvalue weighted by Crippen LogP contribution is -2.16. The summed E-state index contributed by atoms with van der Waals surface area (Å²) >= 11 is 0. The number of ether oxygens (including phenoxy) is 2. The first-order valence-electron chi connectivity index (χ1n) is 6.80. The molecule has 0 aromatic heterocycles. The Balaban J connectivity index is 1.87. The maximum atomic E-state index is 6.16. The Bertz CT molecular complexity index is 450. The van der Waals surface area contributed by atoms with Gasteiger partial charge in [0.05, 0.1) is 0 Å². The van der Waals surface area contributed by atoms with E-state index < -0.39 is 0 Å². The maximum absolute atomic E-state index is 6.16. The summed E-state index contributed by atoms with van der Waals surface area (Å²) in [5.74, 6) is 0. The third kappa shape index (κ3) is 3.03. The fourth-order valence-electron chi connectivity index (χ4n) is 2.41. The SMILES string of the molecule is c1ccc(C(OC2CCCO2)c2ccccc2)cc1. The molecule has 0 aliphatic carbocycles. The largest absolute Gasteiger partial charge is 0.353 e. The summed E-state index contributed by atoms with van der Waals surface area (Å²) in [6, 6.07) is 20.6. The minimum absolute atomic E-state index is 0.0505. The van der Waals surface area contributed by atoms with Crippen LogP contribution in [0.5, 0.6) is 0 Å². The van der Waals surface area contributed by atoms with Gasteiger partial charge in [-0.05, 0) is 17.5 Å². The van der Waals surface area contributed by atoms with Crippen LogP contribution < -0.4 is 0 Å². The standard InChI is InChI=1S/C17H18O2/c1-3-8-14(9-4-1)17(15-10-5-2-6-11-15)19-16-12-7-13-18-16/h1-6,8-11,16-17H,7,12-13H2. The van der Waals surface area contributed by atoms with Gasteiger partial charge in [-0.25, -0.2) is 0 Å². The molecule has 1 aliphatic heterocycles. The van der Waals surface area contributed by atoms with Crippen molar-refractivity contribution < 1.29 is 9.47 Å². The average Bonchev–Trinajstić information content (AvgIpc) is 3.00. The van der Waals surface area contributed by atoms with Gasteiger partial charge in [0, 0.05) is 13.0 Å². The Morgan fingerprint density at radius 2 is 1.47 bits per heavy atom. The van der Waals surface area contributed by atoms with Crippen LogP contribution in [-0.2, 0) is 9.47 Å². The summed E-state index contributed by atoms with van der Waals surface area (Å²) in [5.41, 5.74) is 2.34. The van der Waals surface area contributed by atoms with Gasteiger partial charge in [-0.2, -0.15) is 0 Å². The van der Waals surface area contributed by atoms with Gasteiger partial charge >= 0.3 is 0 Å². The molecule has 2 heteroatoms. The summed E-state index contributed by atoms with van der Waals surface area (Å²) in [4.78, 5) is 0. The van der Waals surface area contributed by atoms with E-state index in [9.17, 15) is 0 Å². The first kappa shape index (κ1) is 12.4. The Labute approximate surface area is 114 Å². The zero-order valence-corrected chi connectivity index (χ0v) is 10.9. The van der Waals surface area contributed by atoms with Gasteiger partial charge in [0.1, 0.15) is 6.10 Å². The molecule has 1 heterocycles. The van der Waals surface area contributed by atoms with E-state index in [1.54, 1.807) is 0 Å². The minimum atomic E-state index is -0.0783. The third-order valence-corrected chi connectivity index (χ3v) is 3.38. The molecule has 1 aliphatic rings. The van der Waals surface area contributed by atoms with E-state index in [4.69, 9.17) is 9.47 Å². The first-order chi connectivity index (χ1) is 9.43. The zero-order chi connectivity index (χ0) is 12.9. The molecule has 1 fully saturated rings. The van der Waals surface area contributed by atoms with Crippen LogP contribution in [0.3, 0.4) is 0 Å². The summed E-state index contributed by atoms with van der Waals surface area (Å²) < 4.78 is 11.8. The van der Waals surface area contributed by atoms with E-state index in [0.717, 1.165) is 19.4 Å². The molecular formula is C17H18O2. The Morgan fingerprint density at radius 3 is 1.95 bits per heavy atom. The molecule has 0 amide bonds. The van der Waals surface area contributed by atoms with Crippen LogP contribution in [-0.4, -0.2) is 12.9 Å². The highest BCUT2D eigenvalue weighted by atomic mass is 16.7. The highest BCUT2D eigenvalue weighted by Gasteiger charge is 2.23. The van der Waals surface area contributed by atoms with Crippen LogP contribution in [0.2, 0.25) is 0 Å². The lowest BCUT2D eigenvalue weighted by atomic mass is 10.0. The van der Waals surface area contributed by atoms with Gasteiger partial charge in [-0.15, -0.1) is 0 Å². The molecule has 2 aromatic rings. The van der Waals surface area contributed by atoms with Gasteiger partial charge in [-0.1, -0.05) is 60.7 Å². The van der Waals surface area contributed by atoms with E-state index in [1.165, 1.54) is 11.1 Å². The minimum Gasteiger partial charge on any atom is -0.353 e. The molecule has 0 bridgehead atoms. The van der Waals surface area contributed by atoms with Crippen molar-refractivity contribution >= 4 is 0 Å². The second-order valence-electron chi connectivity index (χ2n) is 4.78. The Hall–Kier alpha value is -1.64. The van der Waals surface area contributed by atoms with Crippen LogP contribution in [0.25, 0.3) is 0 Å². The van der Waals surface area contributed by atoms with E-state index >= 15 is 0 Å². The zero-order valence-electron chi connectivity index (χ0n) is 10.9. The van der Waals surface area contributed by atoms with Gasteiger partial charge in [-0.3, -0.25) is 0 Å². The summed E-state index contributed by atoms with van der Waals surface area (Å²) in [5, 5.41) is 0. The molecule has 1 unspecified atom stereocenters. The Kier molecular flexibility index (Phi) is 3.92. The quantitative estimate of drug-likeness (QED) is 0.823. The summed E-state index contributed by atoms with van der Waals surface area (Å²) in [6.07, 6.45) is 1.94. The van der Waals surface area contributed by atoms with E-state index in [-0.39, 0.29) is 12.4 Å². The van der Waals surface area contributed by atoms with Gasteiger partial charge < -0.3 is 9.47 Å². The molecule has 2 aromatic carbocycles. The predicted molar refractivity (Wildman–Crippen MR) is 74.8 cm³/mol. The molecule has 1 atom stereocenters. The van der Waals surface area contributed by atoms with Crippen LogP contribution in [0.1, 0.15) is 30.1 Å². The number of rotatable bonds is 4. The van der Waals surface area contributed by atoms with Crippen LogP contribution >= 0.6 is 0 Å². The normalized spacial score (nSPS) is 18.9. The molecular weight excluding hydrogens is 236 g/mol. The molecule has 1 saturated heterocycles. The van der Waals surface area contributed by atoms with Crippen LogP contribution in [0.15, 0.2) is 60.7 Å². The molecule has 0 saturated carbocycles.